The van der Waals surface area contributed by atoms with Crippen LogP contribution < -0.4 is 5.48 Å². The van der Waals surface area contributed by atoms with Gasteiger partial charge in [-0.3, -0.25) is 4.84 Å². The third kappa shape index (κ3) is 1.97. The second-order valence-electron chi connectivity index (χ2n) is 3.13. The number of anilines is 1. The molecule has 2 rings (SSSR count). The molecule has 2 aromatic heterocycles. The summed E-state index contributed by atoms with van der Waals surface area (Å²) in [4.78, 5) is 16.2. The first-order valence-electron chi connectivity index (χ1n) is 4.57. The van der Waals surface area contributed by atoms with Crippen molar-refractivity contribution in [3.8, 4) is 11.3 Å². The molecule has 0 saturated carbocycles. The number of hydrogen-bond donors (Lipinski definition) is 2. The van der Waals surface area contributed by atoms with E-state index in [1.54, 1.807) is 6.20 Å². The Morgan fingerprint density at radius 1 is 1.47 bits per heavy atom. The molecule has 2 N–H and O–H groups in total. The molecule has 0 aliphatic carbocycles. The van der Waals surface area contributed by atoms with Crippen LogP contribution in [-0.4, -0.2) is 22.1 Å². The lowest BCUT2D eigenvalue weighted by atomic mass is 10.1. The van der Waals surface area contributed by atoms with E-state index in [-0.39, 0.29) is 0 Å². The molecule has 2 aromatic rings. The zero-order valence-electron chi connectivity index (χ0n) is 8.61. The molecule has 0 aromatic carbocycles. The Balaban J connectivity index is 2.41. The van der Waals surface area contributed by atoms with E-state index in [4.69, 9.17) is 4.84 Å². The normalized spacial score (nSPS) is 10.3. The maximum atomic E-state index is 4.76. The van der Waals surface area contributed by atoms with Gasteiger partial charge >= 0.3 is 0 Å². The van der Waals surface area contributed by atoms with Gasteiger partial charge in [0, 0.05) is 24.2 Å². The van der Waals surface area contributed by atoms with E-state index in [1.165, 1.54) is 7.11 Å². The quantitative estimate of drug-likeness (QED) is 0.748. The van der Waals surface area contributed by atoms with Crippen LogP contribution in [0.1, 0.15) is 5.56 Å². The SMILES string of the molecule is CONc1ncc(C)c(-c2cc[nH]c2)n1. The average molecular weight is 204 g/mol. The van der Waals surface area contributed by atoms with Gasteiger partial charge < -0.3 is 4.98 Å². The molecule has 15 heavy (non-hydrogen) atoms. The summed E-state index contributed by atoms with van der Waals surface area (Å²) in [6.45, 7) is 1.97. The Bertz CT molecular complexity index is 439. The van der Waals surface area contributed by atoms with Gasteiger partial charge in [0.05, 0.1) is 12.8 Å². The minimum absolute atomic E-state index is 0.458. The molecule has 0 aliphatic rings. The van der Waals surface area contributed by atoms with Crippen molar-refractivity contribution in [3.63, 3.8) is 0 Å². The summed E-state index contributed by atoms with van der Waals surface area (Å²) < 4.78 is 0. The molecular formula is C10H12N4O. The van der Waals surface area contributed by atoms with Gasteiger partial charge in [-0.15, -0.1) is 0 Å². The summed E-state index contributed by atoms with van der Waals surface area (Å²) >= 11 is 0. The summed E-state index contributed by atoms with van der Waals surface area (Å²) in [5, 5.41) is 0. The fraction of sp³-hybridized carbons (Fsp3) is 0.200. The van der Waals surface area contributed by atoms with Crippen molar-refractivity contribution < 1.29 is 4.84 Å². The predicted octanol–water partition coefficient (Wildman–Crippen LogP) is 1.75. The first-order valence-corrected chi connectivity index (χ1v) is 4.57. The molecular weight excluding hydrogens is 192 g/mol. The topological polar surface area (TPSA) is 62.8 Å². The van der Waals surface area contributed by atoms with Crippen molar-refractivity contribution in [1.29, 1.82) is 0 Å². The van der Waals surface area contributed by atoms with E-state index in [9.17, 15) is 0 Å². The molecule has 0 atom stereocenters. The Labute approximate surface area is 87.5 Å². The standard InChI is InChI=1S/C10H12N4O/c1-7-5-12-10(14-15-2)13-9(7)8-3-4-11-6-8/h3-6,11H,1-2H3,(H,12,13,14). The van der Waals surface area contributed by atoms with Crippen LogP contribution in [0.5, 0.6) is 0 Å². The third-order valence-electron chi connectivity index (χ3n) is 2.04. The number of aromatic nitrogens is 3. The summed E-state index contributed by atoms with van der Waals surface area (Å²) in [5.41, 5.74) is 5.56. The highest BCUT2D eigenvalue weighted by molar-refractivity contribution is 5.62. The first kappa shape index (κ1) is 9.67. The molecule has 0 radical (unpaired) electrons. The van der Waals surface area contributed by atoms with Crippen LogP contribution in [-0.2, 0) is 4.84 Å². The molecule has 2 heterocycles. The molecule has 0 aliphatic heterocycles. The molecule has 0 unspecified atom stereocenters. The lowest BCUT2D eigenvalue weighted by molar-refractivity contribution is 0.267. The van der Waals surface area contributed by atoms with Gasteiger partial charge in [0.2, 0.25) is 5.95 Å². The molecule has 0 bridgehead atoms. The Morgan fingerprint density at radius 3 is 3.00 bits per heavy atom. The van der Waals surface area contributed by atoms with Crippen molar-refractivity contribution in [2.45, 2.75) is 6.92 Å². The molecule has 5 nitrogen and oxygen atoms in total. The van der Waals surface area contributed by atoms with E-state index in [1.807, 2.05) is 25.4 Å². The second kappa shape index (κ2) is 4.10. The Kier molecular flexibility index (Phi) is 2.64. The number of H-pyrrole nitrogens is 1. The van der Waals surface area contributed by atoms with Crippen molar-refractivity contribution in [1.82, 2.24) is 15.0 Å². The molecule has 0 spiro atoms. The van der Waals surface area contributed by atoms with E-state index < -0.39 is 0 Å². The van der Waals surface area contributed by atoms with E-state index >= 15 is 0 Å². The minimum atomic E-state index is 0.458. The summed E-state index contributed by atoms with van der Waals surface area (Å²) in [6.07, 6.45) is 5.52. The van der Waals surface area contributed by atoms with E-state index in [0.717, 1.165) is 16.8 Å². The van der Waals surface area contributed by atoms with Crippen molar-refractivity contribution in [2.24, 2.45) is 0 Å². The maximum absolute atomic E-state index is 4.76. The molecule has 0 saturated heterocycles. The van der Waals surface area contributed by atoms with Crippen LogP contribution >= 0.6 is 0 Å². The average Bonchev–Trinajstić information content (AvgIpc) is 2.74. The predicted molar refractivity (Wildman–Crippen MR) is 57.2 cm³/mol. The fourth-order valence-electron chi connectivity index (χ4n) is 1.35. The number of aromatic amines is 1. The maximum Gasteiger partial charge on any atom is 0.247 e. The Morgan fingerprint density at radius 2 is 2.33 bits per heavy atom. The van der Waals surface area contributed by atoms with Crippen LogP contribution in [0.3, 0.4) is 0 Å². The van der Waals surface area contributed by atoms with Gasteiger partial charge in [0.1, 0.15) is 0 Å². The minimum Gasteiger partial charge on any atom is -0.367 e. The van der Waals surface area contributed by atoms with Gasteiger partial charge in [-0.25, -0.2) is 15.4 Å². The zero-order chi connectivity index (χ0) is 10.7. The summed E-state index contributed by atoms with van der Waals surface area (Å²) in [7, 11) is 1.53. The highest BCUT2D eigenvalue weighted by Crippen LogP contribution is 2.20. The van der Waals surface area contributed by atoms with Crippen LogP contribution in [0, 0.1) is 6.92 Å². The number of nitrogens with zero attached hydrogens (tertiary/aromatic N) is 2. The fourth-order valence-corrected chi connectivity index (χ4v) is 1.35. The number of rotatable bonds is 3. The van der Waals surface area contributed by atoms with Crippen LogP contribution in [0.15, 0.2) is 24.7 Å². The molecule has 0 amide bonds. The highest BCUT2D eigenvalue weighted by Gasteiger charge is 2.06. The molecule has 0 fully saturated rings. The van der Waals surface area contributed by atoms with Gasteiger partial charge in [-0.1, -0.05) is 0 Å². The second-order valence-corrected chi connectivity index (χ2v) is 3.13. The van der Waals surface area contributed by atoms with Crippen molar-refractivity contribution in [3.05, 3.63) is 30.2 Å². The van der Waals surface area contributed by atoms with Crippen LogP contribution in [0.4, 0.5) is 5.95 Å². The van der Waals surface area contributed by atoms with Crippen LogP contribution in [0.25, 0.3) is 11.3 Å². The smallest absolute Gasteiger partial charge is 0.247 e. The third-order valence-corrected chi connectivity index (χ3v) is 2.04. The first-order chi connectivity index (χ1) is 7.31. The molecule has 78 valence electrons. The number of aryl methyl sites for hydroxylation is 1. The summed E-state index contributed by atoms with van der Waals surface area (Å²) in [6, 6.07) is 1.96. The van der Waals surface area contributed by atoms with Gasteiger partial charge in [-0.2, -0.15) is 0 Å². The Hall–Kier alpha value is -1.88. The van der Waals surface area contributed by atoms with Crippen molar-refractivity contribution >= 4 is 5.95 Å². The largest absolute Gasteiger partial charge is 0.367 e. The van der Waals surface area contributed by atoms with E-state index in [0.29, 0.717) is 5.95 Å². The van der Waals surface area contributed by atoms with Gasteiger partial charge in [0.15, 0.2) is 0 Å². The zero-order valence-corrected chi connectivity index (χ0v) is 8.61. The van der Waals surface area contributed by atoms with Gasteiger partial charge in [0.25, 0.3) is 0 Å². The lowest BCUT2D eigenvalue weighted by Crippen LogP contribution is -2.02. The van der Waals surface area contributed by atoms with Gasteiger partial charge in [-0.05, 0) is 18.6 Å². The number of nitrogens with one attached hydrogen (secondary N) is 2. The number of hydrogen-bond acceptors (Lipinski definition) is 4. The summed E-state index contributed by atoms with van der Waals surface area (Å²) in [5.74, 6) is 0.458. The van der Waals surface area contributed by atoms with Crippen molar-refractivity contribution in [2.75, 3.05) is 12.6 Å². The lowest BCUT2D eigenvalue weighted by Gasteiger charge is -2.05. The van der Waals surface area contributed by atoms with E-state index in [2.05, 4.69) is 20.4 Å². The highest BCUT2D eigenvalue weighted by atomic mass is 16.6. The van der Waals surface area contributed by atoms with Crippen LogP contribution in [0.2, 0.25) is 0 Å². The monoisotopic (exact) mass is 204 g/mol. The molecule has 5 heteroatoms.